The Morgan fingerprint density at radius 1 is 1.40 bits per heavy atom. The lowest BCUT2D eigenvalue weighted by molar-refractivity contribution is 0.0583. The van der Waals surface area contributed by atoms with Gasteiger partial charge in [-0.2, -0.15) is 0 Å². The van der Waals surface area contributed by atoms with Crippen LogP contribution in [0.25, 0.3) is 0 Å². The van der Waals surface area contributed by atoms with E-state index in [9.17, 15) is 0 Å². The van der Waals surface area contributed by atoms with E-state index in [0.29, 0.717) is 5.92 Å². The molecule has 1 saturated heterocycles. The second kappa shape index (κ2) is 6.05. The van der Waals surface area contributed by atoms with Crippen molar-refractivity contribution in [3.05, 3.63) is 30.1 Å². The molecule has 0 aliphatic carbocycles. The van der Waals surface area contributed by atoms with E-state index < -0.39 is 0 Å². The first-order valence-corrected chi connectivity index (χ1v) is 5.11. The third-order valence-electron chi connectivity index (χ3n) is 2.84. The Bertz CT molecular complexity index is 275. The fraction of sp³-hybridized carbons (Fsp3) is 0.545. The van der Waals surface area contributed by atoms with E-state index in [4.69, 9.17) is 10.5 Å². The highest BCUT2D eigenvalue weighted by Crippen LogP contribution is 2.27. The van der Waals surface area contributed by atoms with Crippen molar-refractivity contribution in [2.75, 3.05) is 13.2 Å². The molecule has 0 spiro atoms. The molecule has 2 rings (SSSR count). The molecule has 0 bridgehead atoms. The van der Waals surface area contributed by atoms with Gasteiger partial charge in [0.2, 0.25) is 0 Å². The van der Waals surface area contributed by atoms with Crippen LogP contribution in [0.3, 0.4) is 0 Å². The predicted molar refractivity (Wildman–Crippen MR) is 62.0 cm³/mol. The number of nitrogens with zero attached hydrogens (tertiary/aromatic N) is 1. The Morgan fingerprint density at radius 2 is 2.13 bits per heavy atom. The summed E-state index contributed by atoms with van der Waals surface area (Å²) in [7, 11) is 0. The molecule has 0 unspecified atom stereocenters. The summed E-state index contributed by atoms with van der Waals surface area (Å²) in [5.74, 6) is 0.549. The van der Waals surface area contributed by atoms with Crippen molar-refractivity contribution < 1.29 is 4.74 Å². The molecule has 0 radical (unpaired) electrons. The molecule has 84 valence electrons. The van der Waals surface area contributed by atoms with Gasteiger partial charge in [-0.05, 0) is 30.4 Å². The average Bonchev–Trinajstić information content (AvgIpc) is 2.30. The highest BCUT2D eigenvalue weighted by Gasteiger charge is 2.21. The van der Waals surface area contributed by atoms with Gasteiger partial charge in [-0.15, -0.1) is 12.4 Å². The number of aromatic nitrogens is 1. The second-order valence-corrected chi connectivity index (χ2v) is 3.76. The molecule has 1 atom stereocenters. The lowest BCUT2D eigenvalue weighted by Gasteiger charge is -2.27. The van der Waals surface area contributed by atoms with E-state index in [2.05, 4.69) is 4.98 Å². The summed E-state index contributed by atoms with van der Waals surface area (Å²) in [6.45, 7) is 1.69. The molecule has 3 nitrogen and oxygen atoms in total. The maximum Gasteiger partial charge on any atom is 0.0469 e. The highest BCUT2D eigenvalue weighted by molar-refractivity contribution is 5.85. The van der Waals surface area contributed by atoms with Gasteiger partial charge in [0.15, 0.2) is 0 Å². The Labute approximate surface area is 96.4 Å². The zero-order valence-electron chi connectivity index (χ0n) is 8.63. The maximum atomic E-state index is 6.17. The van der Waals surface area contributed by atoms with Crippen molar-refractivity contribution >= 4 is 12.4 Å². The van der Waals surface area contributed by atoms with Crippen molar-refractivity contribution in [3.8, 4) is 0 Å². The molecule has 0 aromatic carbocycles. The molecule has 0 saturated carbocycles. The number of ether oxygens (including phenoxy) is 1. The first-order chi connectivity index (χ1) is 6.88. The van der Waals surface area contributed by atoms with Crippen molar-refractivity contribution in [3.63, 3.8) is 0 Å². The van der Waals surface area contributed by atoms with Crippen molar-refractivity contribution in [2.24, 2.45) is 11.7 Å². The lowest BCUT2D eigenvalue weighted by atomic mass is 9.88. The average molecular weight is 229 g/mol. The highest BCUT2D eigenvalue weighted by atomic mass is 35.5. The SMILES string of the molecule is Cl.N[C@H](c1cccnc1)C1CCOCC1. The summed E-state index contributed by atoms with van der Waals surface area (Å²) in [4.78, 5) is 4.09. The molecule has 1 aromatic rings. The molecule has 0 amide bonds. The number of nitrogens with two attached hydrogens (primary N) is 1. The van der Waals surface area contributed by atoms with Crippen molar-refractivity contribution in [1.82, 2.24) is 4.98 Å². The molecule has 1 aromatic heterocycles. The summed E-state index contributed by atoms with van der Waals surface area (Å²) in [6, 6.07) is 4.11. The standard InChI is InChI=1S/C11H16N2O.ClH/c12-11(9-3-6-14-7-4-9)10-2-1-5-13-8-10;/h1-2,5,8-9,11H,3-4,6-7,12H2;1H/t11-;/m0./s1. The maximum absolute atomic E-state index is 6.17. The minimum Gasteiger partial charge on any atom is -0.381 e. The quantitative estimate of drug-likeness (QED) is 0.842. The Morgan fingerprint density at radius 3 is 2.73 bits per heavy atom. The summed E-state index contributed by atoms with van der Waals surface area (Å²) in [5.41, 5.74) is 7.31. The van der Waals surface area contributed by atoms with Gasteiger partial charge < -0.3 is 10.5 Å². The number of pyridine rings is 1. The smallest absolute Gasteiger partial charge is 0.0469 e. The van der Waals surface area contributed by atoms with Crippen LogP contribution in [0, 0.1) is 5.92 Å². The van der Waals surface area contributed by atoms with Gasteiger partial charge in [-0.3, -0.25) is 4.98 Å². The first-order valence-electron chi connectivity index (χ1n) is 5.11. The van der Waals surface area contributed by atoms with E-state index in [-0.39, 0.29) is 18.4 Å². The van der Waals surface area contributed by atoms with Gasteiger partial charge in [0.1, 0.15) is 0 Å². The zero-order chi connectivity index (χ0) is 9.80. The predicted octanol–water partition coefficient (Wildman–Crippen LogP) is 1.93. The van der Waals surface area contributed by atoms with Gasteiger partial charge in [0.05, 0.1) is 0 Å². The van der Waals surface area contributed by atoms with Gasteiger partial charge in [-0.1, -0.05) is 6.07 Å². The number of halogens is 1. The van der Waals surface area contributed by atoms with Crippen LogP contribution in [0.5, 0.6) is 0 Å². The number of hydrogen-bond donors (Lipinski definition) is 1. The topological polar surface area (TPSA) is 48.1 Å². The Hall–Kier alpha value is -0.640. The molecule has 4 heteroatoms. The monoisotopic (exact) mass is 228 g/mol. The van der Waals surface area contributed by atoms with Gasteiger partial charge in [0, 0.05) is 31.6 Å². The molecule has 1 fully saturated rings. The summed E-state index contributed by atoms with van der Waals surface area (Å²) in [6.07, 6.45) is 5.77. The molecular weight excluding hydrogens is 212 g/mol. The van der Waals surface area contributed by atoms with Crippen LogP contribution < -0.4 is 5.73 Å². The molecule has 15 heavy (non-hydrogen) atoms. The molecule has 1 aliphatic heterocycles. The van der Waals surface area contributed by atoms with Gasteiger partial charge >= 0.3 is 0 Å². The van der Waals surface area contributed by atoms with Crippen LogP contribution in [-0.4, -0.2) is 18.2 Å². The van der Waals surface area contributed by atoms with Crippen LogP contribution >= 0.6 is 12.4 Å². The largest absolute Gasteiger partial charge is 0.381 e. The first kappa shape index (κ1) is 12.4. The van der Waals surface area contributed by atoms with E-state index in [0.717, 1.165) is 31.6 Å². The van der Waals surface area contributed by atoms with Gasteiger partial charge in [0.25, 0.3) is 0 Å². The van der Waals surface area contributed by atoms with Crippen LogP contribution in [-0.2, 0) is 4.74 Å². The summed E-state index contributed by atoms with van der Waals surface area (Å²) in [5, 5.41) is 0. The Balaban J connectivity index is 0.00000112. The molecular formula is C11H17ClN2O. The van der Waals surface area contributed by atoms with Crippen LogP contribution in [0.1, 0.15) is 24.4 Å². The minimum atomic E-state index is 0. The minimum absolute atomic E-state index is 0. The summed E-state index contributed by atoms with van der Waals surface area (Å²) < 4.78 is 5.31. The normalized spacial score (nSPS) is 19.3. The Kier molecular flexibility index (Phi) is 5.02. The summed E-state index contributed by atoms with van der Waals surface area (Å²) >= 11 is 0. The zero-order valence-corrected chi connectivity index (χ0v) is 9.45. The van der Waals surface area contributed by atoms with Crippen molar-refractivity contribution in [1.29, 1.82) is 0 Å². The third kappa shape index (κ3) is 3.16. The van der Waals surface area contributed by atoms with Crippen LogP contribution in [0.2, 0.25) is 0 Å². The van der Waals surface area contributed by atoms with E-state index in [1.807, 2.05) is 18.3 Å². The third-order valence-corrected chi connectivity index (χ3v) is 2.84. The molecule has 1 aliphatic rings. The second-order valence-electron chi connectivity index (χ2n) is 3.76. The number of hydrogen-bond acceptors (Lipinski definition) is 3. The lowest BCUT2D eigenvalue weighted by Crippen LogP contribution is -2.27. The van der Waals surface area contributed by atoms with Crippen LogP contribution in [0.4, 0.5) is 0 Å². The fourth-order valence-corrected chi connectivity index (χ4v) is 1.92. The van der Waals surface area contributed by atoms with Crippen molar-refractivity contribution in [2.45, 2.75) is 18.9 Å². The van der Waals surface area contributed by atoms with Gasteiger partial charge in [-0.25, -0.2) is 0 Å². The molecule has 2 N–H and O–H groups in total. The van der Waals surface area contributed by atoms with E-state index >= 15 is 0 Å². The van der Waals surface area contributed by atoms with Crippen LogP contribution in [0.15, 0.2) is 24.5 Å². The fourth-order valence-electron chi connectivity index (χ4n) is 1.92. The number of rotatable bonds is 2. The molecule has 2 heterocycles. The van der Waals surface area contributed by atoms with E-state index in [1.165, 1.54) is 0 Å². The van der Waals surface area contributed by atoms with E-state index in [1.54, 1.807) is 6.20 Å².